The Labute approximate surface area is 174 Å². The fraction of sp³-hybridized carbons (Fsp3) is 0.286. The van der Waals surface area contributed by atoms with Gasteiger partial charge in [0.05, 0.1) is 12.1 Å². The van der Waals surface area contributed by atoms with Gasteiger partial charge < -0.3 is 5.32 Å². The van der Waals surface area contributed by atoms with E-state index in [9.17, 15) is 26.4 Å². The molecule has 9 heteroatoms. The number of carbonyl (C=O) groups excluding carboxylic acids is 1. The van der Waals surface area contributed by atoms with Gasteiger partial charge >= 0.3 is 6.18 Å². The van der Waals surface area contributed by atoms with Crippen LogP contribution in [0.3, 0.4) is 0 Å². The second-order valence-electron chi connectivity index (χ2n) is 6.57. The zero-order valence-electron chi connectivity index (χ0n) is 16.4. The summed E-state index contributed by atoms with van der Waals surface area (Å²) in [5.74, 6) is -0.720. The quantitative estimate of drug-likeness (QED) is 0.612. The number of alkyl halides is 3. The predicted octanol–water partition coefficient (Wildman–Crippen LogP) is 4.75. The highest BCUT2D eigenvalue weighted by Gasteiger charge is 2.30. The lowest BCUT2D eigenvalue weighted by Crippen LogP contribution is -2.37. The fourth-order valence-corrected chi connectivity index (χ4v) is 3.76. The first kappa shape index (κ1) is 23.6. The molecule has 162 valence electrons. The molecular formula is C21H23F3N2O3S. The topological polar surface area (TPSA) is 66.5 Å². The molecule has 0 spiro atoms. The first-order valence-electron chi connectivity index (χ1n) is 9.32. The maximum absolute atomic E-state index is 12.8. The van der Waals surface area contributed by atoms with E-state index in [1.54, 1.807) is 30.3 Å². The zero-order valence-corrected chi connectivity index (χ0v) is 17.2. The van der Waals surface area contributed by atoms with E-state index in [0.717, 1.165) is 21.8 Å². The second-order valence-corrected chi connectivity index (χ2v) is 8.39. The molecule has 0 unspecified atom stereocenters. The third-order valence-corrected chi connectivity index (χ3v) is 5.66. The molecule has 5 nitrogen and oxygen atoms in total. The molecule has 0 aliphatic carbocycles. The number of benzene rings is 2. The molecule has 2 rings (SSSR count). The van der Waals surface area contributed by atoms with Crippen molar-refractivity contribution in [3.63, 3.8) is 0 Å². The molecule has 30 heavy (non-hydrogen) atoms. The van der Waals surface area contributed by atoms with Gasteiger partial charge in [-0.15, -0.1) is 0 Å². The van der Waals surface area contributed by atoms with Crippen LogP contribution >= 0.6 is 0 Å². The van der Waals surface area contributed by atoms with E-state index >= 15 is 0 Å². The van der Waals surface area contributed by atoms with Crippen molar-refractivity contribution >= 4 is 27.7 Å². The van der Waals surface area contributed by atoms with Crippen LogP contribution in [0.5, 0.6) is 0 Å². The van der Waals surface area contributed by atoms with Crippen LogP contribution in [0, 0.1) is 0 Å². The number of sulfonamides is 1. The normalized spacial score (nSPS) is 12.4. The Kier molecular flexibility index (Phi) is 8.19. The highest BCUT2D eigenvalue weighted by Crippen LogP contribution is 2.30. The lowest BCUT2D eigenvalue weighted by Gasteiger charge is -2.20. The number of nitrogens with one attached hydrogen (secondary N) is 1. The van der Waals surface area contributed by atoms with Gasteiger partial charge in [0.1, 0.15) is 0 Å². The molecule has 0 bridgehead atoms. The van der Waals surface area contributed by atoms with Gasteiger partial charge in [-0.3, -0.25) is 4.79 Å². The van der Waals surface area contributed by atoms with Gasteiger partial charge in [-0.1, -0.05) is 49.7 Å². The summed E-state index contributed by atoms with van der Waals surface area (Å²) >= 11 is 0. The maximum atomic E-state index is 12.8. The predicted molar refractivity (Wildman–Crippen MR) is 111 cm³/mol. The van der Waals surface area contributed by atoms with Crippen LogP contribution in [0.1, 0.15) is 30.9 Å². The third kappa shape index (κ3) is 7.31. The van der Waals surface area contributed by atoms with E-state index in [4.69, 9.17) is 0 Å². The minimum absolute atomic E-state index is 0.0532. The van der Waals surface area contributed by atoms with E-state index in [1.165, 1.54) is 18.2 Å². The molecule has 0 aromatic heterocycles. The number of nitrogens with zero attached hydrogens (tertiary/aromatic N) is 1. The van der Waals surface area contributed by atoms with Crippen LogP contribution in [-0.2, 0) is 21.0 Å². The summed E-state index contributed by atoms with van der Waals surface area (Å²) in [4.78, 5) is 12.3. The van der Waals surface area contributed by atoms with Gasteiger partial charge in [-0.2, -0.15) is 17.5 Å². The Morgan fingerprint density at radius 3 is 2.43 bits per heavy atom. The molecule has 0 radical (unpaired) electrons. The van der Waals surface area contributed by atoms with E-state index < -0.39 is 34.2 Å². The third-order valence-electron chi connectivity index (χ3n) is 4.15. The number of hydrogen-bond acceptors (Lipinski definition) is 3. The van der Waals surface area contributed by atoms with Crippen LogP contribution in [0.25, 0.3) is 6.08 Å². The molecule has 1 amide bonds. The average molecular weight is 440 g/mol. The Morgan fingerprint density at radius 2 is 1.80 bits per heavy atom. The largest absolute Gasteiger partial charge is 0.416 e. The van der Waals surface area contributed by atoms with Crippen LogP contribution in [0.15, 0.2) is 60.0 Å². The zero-order chi connectivity index (χ0) is 22.2. The number of halogens is 3. The second kappa shape index (κ2) is 10.4. The van der Waals surface area contributed by atoms with E-state index in [0.29, 0.717) is 18.4 Å². The van der Waals surface area contributed by atoms with Gasteiger partial charge in [0.25, 0.3) is 0 Å². The highest BCUT2D eigenvalue weighted by atomic mass is 32.2. The minimum Gasteiger partial charge on any atom is -0.325 e. The summed E-state index contributed by atoms with van der Waals surface area (Å²) in [6, 6.07) is 13.0. The molecule has 0 heterocycles. The highest BCUT2D eigenvalue weighted by molar-refractivity contribution is 7.92. The smallest absolute Gasteiger partial charge is 0.325 e. The first-order chi connectivity index (χ1) is 14.1. The van der Waals surface area contributed by atoms with Gasteiger partial charge in [-0.25, -0.2) is 8.42 Å². The number of anilines is 1. The SMILES string of the molecule is CCCCN(CC(=O)Nc1cccc(C(F)(F)F)c1)S(=O)(=O)C=Cc1ccccc1. The number of rotatable bonds is 9. The van der Waals surface area contributed by atoms with E-state index in [1.807, 2.05) is 6.92 Å². The summed E-state index contributed by atoms with van der Waals surface area (Å²) in [5, 5.41) is 3.36. The van der Waals surface area contributed by atoms with Crippen molar-refractivity contribution in [1.82, 2.24) is 4.31 Å². The van der Waals surface area contributed by atoms with Crippen molar-refractivity contribution in [2.75, 3.05) is 18.4 Å². The van der Waals surface area contributed by atoms with Crippen LogP contribution in [0.4, 0.5) is 18.9 Å². The molecule has 2 aromatic carbocycles. The van der Waals surface area contributed by atoms with Crippen molar-refractivity contribution in [2.24, 2.45) is 0 Å². The summed E-state index contributed by atoms with van der Waals surface area (Å²) in [7, 11) is -3.90. The van der Waals surface area contributed by atoms with Crippen molar-refractivity contribution < 1.29 is 26.4 Å². The number of carbonyl (C=O) groups is 1. The van der Waals surface area contributed by atoms with Crippen molar-refractivity contribution in [3.8, 4) is 0 Å². The molecular weight excluding hydrogens is 417 g/mol. The number of unbranched alkanes of at least 4 members (excludes halogenated alkanes) is 1. The van der Waals surface area contributed by atoms with Gasteiger partial charge in [0.2, 0.25) is 15.9 Å². The van der Waals surface area contributed by atoms with Crippen molar-refractivity contribution in [1.29, 1.82) is 0 Å². The molecule has 0 saturated heterocycles. The lowest BCUT2D eigenvalue weighted by molar-refractivity contribution is -0.137. The first-order valence-corrected chi connectivity index (χ1v) is 10.8. The van der Waals surface area contributed by atoms with Crippen LogP contribution in [-0.4, -0.2) is 31.7 Å². The summed E-state index contributed by atoms with van der Waals surface area (Å²) in [6.07, 6.45) is -1.86. The Balaban J connectivity index is 2.13. The van der Waals surface area contributed by atoms with Gasteiger partial charge in [0.15, 0.2) is 0 Å². The minimum atomic E-state index is -4.54. The maximum Gasteiger partial charge on any atom is 0.416 e. The number of amides is 1. The monoisotopic (exact) mass is 440 g/mol. The van der Waals surface area contributed by atoms with E-state index in [-0.39, 0.29) is 12.2 Å². The van der Waals surface area contributed by atoms with Crippen molar-refractivity contribution in [2.45, 2.75) is 25.9 Å². The van der Waals surface area contributed by atoms with Crippen LogP contribution in [0.2, 0.25) is 0 Å². The molecule has 2 aromatic rings. The summed E-state index contributed by atoms with van der Waals surface area (Å²) in [6.45, 7) is 1.50. The lowest BCUT2D eigenvalue weighted by atomic mass is 10.2. The molecule has 0 aliphatic heterocycles. The Hall–Kier alpha value is -2.65. The van der Waals surface area contributed by atoms with Gasteiger partial charge in [-0.05, 0) is 36.3 Å². The fourth-order valence-electron chi connectivity index (χ4n) is 2.58. The number of hydrogen-bond donors (Lipinski definition) is 1. The molecule has 0 atom stereocenters. The molecule has 0 aliphatic rings. The molecule has 0 fully saturated rings. The average Bonchev–Trinajstić information content (AvgIpc) is 2.70. The molecule has 1 N–H and O–H groups in total. The van der Waals surface area contributed by atoms with E-state index in [2.05, 4.69) is 5.32 Å². The summed E-state index contributed by atoms with van der Waals surface area (Å²) in [5.41, 5.74) is -0.269. The summed E-state index contributed by atoms with van der Waals surface area (Å²) < 4.78 is 64.9. The van der Waals surface area contributed by atoms with Gasteiger partial charge in [0, 0.05) is 17.6 Å². The van der Waals surface area contributed by atoms with Crippen molar-refractivity contribution in [3.05, 3.63) is 71.1 Å². The Bertz CT molecular complexity index is 974. The molecule has 0 saturated carbocycles. The Morgan fingerprint density at radius 1 is 1.10 bits per heavy atom. The van der Waals surface area contributed by atoms with Crippen LogP contribution < -0.4 is 5.32 Å². The standard InChI is InChI=1S/C21H23F3N2O3S/c1-2-3-13-26(30(28,29)14-12-17-8-5-4-6-9-17)16-20(27)25-19-11-7-10-18(15-19)21(22,23)24/h4-12,14-15H,2-3,13,16H2,1H3,(H,25,27).